The van der Waals surface area contributed by atoms with E-state index in [1.165, 1.54) is 30.8 Å². The molecule has 2 aliphatic carbocycles. The topological polar surface area (TPSA) is 69.0 Å². The predicted molar refractivity (Wildman–Crippen MR) is 92.1 cm³/mol. The van der Waals surface area contributed by atoms with Gasteiger partial charge in [-0.05, 0) is 31.6 Å². The Morgan fingerprint density at radius 2 is 2.21 bits per heavy atom. The second-order valence-corrected chi connectivity index (χ2v) is 7.72. The number of rotatable bonds is 7. The molecular formula is C16H24N6OS. The molecule has 8 heteroatoms. The fourth-order valence-corrected chi connectivity index (χ4v) is 4.13. The molecule has 0 unspecified atom stereocenters. The van der Waals surface area contributed by atoms with Crippen LogP contribution in [0.4, 0.5) is 5.13 Å². The van der Waals surface area contributed by atoms with Crippen molar-refractivity contribution >= 4 is 16.7 Å². The van der Waals surface area contributed by atoms with E-state index in [-0.39, 0.29) is 0 Å². The van der Waals surface area contributed by atoms with Gasteiger partial charge in [0, 0.05) is 38.2 Å². The molecule has 0 saturated heterocycles. The highest BCUT2D eigenvalue weighted by Crippen LogP contribution is 2.37. The number of nitrogens with zero attached hydrogens (tertiary/aromatic N) is 6. The Hall–Kier alpha value is -1.54. The zero-order chi connectivity index (χ0) is 16.5. The largest absolute Gasteiger partial charge is 0.381 e. The molecule has 2 fully saturated rings. The van der Waals surface area contributed by atoms with Crippen LogP contribution in [0.15, 0.2) is 6.20 Å². The van der Waals surface area contributed by atoms with Gasteiger partial charge in [0.05, 0.1) is 24.5 Å². The molecule has 24 heavy (non-hydrogen) atoms. The van der Waals surface area contributed by atoms with Gasteiger partial charge < -0.3 is 9.64 Å². The van der Waals surface area contributed by atoms with Gasteiger partial charge in [-0.2, -0.15) is 4.37 Å². The van der Waals surface area contributed by atoms with Gasteiger partial charge in [-0.3, -0.25) is 4.68 Å². The lowest BCUT2D eigenvalue weighted by atomic mass is 9.82. The molecule has 0 amide bonds. The number of ether oxygens (including phenoxy) is 1. The molecule has 0 radical (unpaired) electrons. The van der Waals surface area contributed by atoms with E-state index in [2.05, 4.69) is 19.6 Å². The maximum Gasteiger partial charge on any atom is 0.205 e. The number of hydrogen-bond donors (Lipinski definition) is 0. The van der Waals surface area contributed by atoms with Gasteiger partial charge in [0.15, 0.2) is 0 Å². The Morgan fingerprint density at radius 3 is 2.83 bits per heavy atom. The third-order valence-electron chi connectivity index (χ3n) is 5.34. The summed E-state index contributed by atoms with van der Waals surface area (Å²) in [5.74, 6) is 2.28. The Morgan fingerprint density at radius 1 is 1.38 bits per heavy atom. The van der Waals surface area contributed by atoms with Gasteiger partial charge in [0.1, 0.15) is 5.82 Å². The molecule has 2 heterocycles. The van der Waals surface area contributed by atoms with Crippen LogP contribution < -0.4 is 4.90 Å². The van der Waals surface area contributed by atoms with Crippen LogP contribution in [0.25, 0.3) is 0 Å². The highest BCUT2D eigenvalue weighted by molar-refractivity contribution is 7.09. The molecule has 4 rings (SSSR count). The summed E-state index contributed by atoms with van der Waals surface area (Å²) in [6.07, 6.45) is 8.30. The van der Waals surface area contributed by atoms with Gasteiger partial charge >= 0.3 is 0 Å². The van der Waals surface area contributed by atoms with Gasteiger partial charge in [-0.25, -0.2) is 4.98 Å². The Bertz CT molecular complexity index is 676. The van der Waals surface area contributed by atoms with Crippen molar-refractivity contribution in [1.82, 2.24) is 24.4 Å². The van der Waals surface area contributed by atoms with E-state index in [4.69, 9.17) is 9.72 Å². The third kappa shape index (κ3) is 3.17. The van der Waals surface area contributed by atoms with Crippen molar-refractivity contribution < 1.29 is 4.74 Å². The zero-order valence-corrected chi connectivity index (χ0v) is 15.1. The van der Waals surface area contributed by atoms with E-state index in [1.807, 2.05) is 17.9 Å². The maximum absolute atomic E-state index is 5.42. The minimum absolute atomic E-state index is 0.426. The van der Waals surface area contributed by atoms with E-state index in [1.54, 1.807) is 7.11 Å². The first-order valence-corrected chi connectivity index (χ1v) is 9.45. The van der Waals surface area contributed by atoms with Crippen LogP contribution in [0.3, 0.4) is 0 Å². The van der Waals surface area contributed by atoms with Crippen molar-refractivity contribution in [1.29, 1.82) is 0 Å². The number of aryl methyl sites for hydroxylation is 1. The quantitative estimate of drug-likeness (QED) is 0.765. The van der Waals surface area contributed by atoms with Crippen molar-refractivity contribution in [2.24, 2.45) is 13.0 Å². The highest BCUT2D eigenvalue weighted by Gasteiger charge is 2.32. The highest BCUT2D eigenvalue weighted by atomic mass is 32.1. The molecule has 130 valence electrons. The van der Waals surface area contributed by atoms with Crippen molar-refractivity contribution in [3.05, 3.63) is 17.7 Å². The van der Waals surface area contributed by atoms with Gasteiger partial charge in [0.25, 0.3) is 0 Å². The van der Waals surface area contributed by atoms with Gasteiger partial charge in [0.2, 0.25) is 5.13 Å². The van der Waals surface area contributed by atoms with Crippen LogP contribution in [0, 0.1) is 5.92 Å². The van der Waals surface area contributed by atoms with Crippen molar-refractivity contribution in [2.45, 2.75) is 50.7 Å². The minimum Gasteiger partial charge on any atom is -0.381 e. The molecule has 2 saturated carbocycles. The molecule has 0 N–H and O–H groups in total. The second kappa shape index (κ2) is 6.76. The smallest absolute Gasteiger partial charge is 0.205 e. The fraction of sp³-hybridized carbons (Fsp3) is 0.750. The van der Waals surface area contributed by atoms with Crippen LogP contribution in [0.2, 0.25) is 0 Å². The Labute approximate surface area is 146 Å². The molecule has 0 atom stereocenters. The molecule has 7 nitrogen and oxygen atoms in total. The molecule has 0 spiro atoms. The van der Waals surface area contributed by atoms with Crippen molar-refractivity contribution in [3.8, 4) is 0 Å². The lowest BCUT2D eigenvalue weighted by molar-refractivity contribution is 0.00360. The molecule has 0 bridgehead atoms. The van der Waals surface area contributed by atoms with E-state index in [0.29, 0.717) is 17.9 Å². The predicted octanol–water partition coefficient (Wildman–Crippen LogP) is 2.37. The third-order valence-corrected chi connectivity index (χ3v) is 6.13. The van der Waals surface area contributed by atoms with E-state index < -0.39 is 0 Å². The number of methoxy groups -OCH3 is 1. The summed E-state index contributed by atoms with van der Waals surface area (Å²) in [6, 6.07) is 0. The van der Waals surface area contributed by atoms with E-state index in [9.17, 15) is 0 Å². The summed E-state index contributed by atoms with van der Waals surface area (Å²) < 4.78 is 11.9. The summed E-state index contributed by atoms with van der Waals surface area (Å²) >= 11 is 1.53. The van der Waals surface area contributed by atoms with Crippen molar-refractivity contribution in [3.63, 3.8) is 0 Å². The van der Waals surface area contributed by atoms with Gasteiger partial charge in [-0.1, -0.05) is 11.6 Å². The Balaban J connectivity index is 1.48. The summed E-state index contributed by atoms with van der Waals surface area (Å²) in [5.41, 5.74) is 1.10. The lowest BCUT2D eigenvalue weighted by Crippen LogP contribution is -2.39. The molecule has 2 aromatic heterocycles. The maximum atomic E-state index is 5.42. The number of aromatic nitrogens is 5. The molecule has 2 aliphatic rings. The first-order valence-electron chi connectivity index (χ1n) is 8.68. The second-order valence-electron chi connectivity index (χ2n) is 6.99. The summed E-state index contributed by atoms with van der Waals surface area (Å²) in [5, 5.41) is 9.07. The standard InChI is InChI=1S/C16H24N6OS/c1-21-13(8-17-20-21)10-22(9-11-6-14(7-11)23-2)16-18-15(19-24-16)12-4-3-5-12/h8,11-12,14H,3-7,9-10H2,1-2H3. The number of anilines is 1. The Kier molecular flexibility index (Phi) is 4.49. The molecule has 2 aromatic rings. The summed E-state index contributed by atoms with van der Waals surface area (Å²) in [6.45, 7) is 1.77. The van der Waals surface area contributed by atoms with Crippen LogP contribution >= 0.6 is 11.5 Å². The normalized spacial score (nSPS) is 23.8. The zero-order valence-electron chi connectivity index (χ0n) is 14.3. The molecule has 0 aliphatic heterocycles. The van der Waals surface area contributed by atoms with Crippen LogP contribution in [-0.2, 0) is 18.3 Å². The lowest BCUT2D eigenvalue weighted by Gasteiger charge is -2.37. The minimum atomic E-state index is 0.426. The molecule has 0 aromatic carbocycles. The average Bonchev–Trinajstić information content (AvgIpc) is 3.09. The van der Waals surface area contributed by atoms with E-state index in [0.717, 1.165) is 42.6 Å². The summed E-state index contributed by atoms with van der Waals surface area (Å²) in [7, 11) is 3.74. The van der Waals surface area contributed by atoms with E-state index >= 15 is 0 Å². The number of hydrogen-bond acceptors (Lipinski definition) is 7. The summed E-state index contributed by atoms with van der Waals surface area (Å²) in [4.78, 5) is 7.19. The van der Waals surface area contributed by atoms with Gasteiger partial charge in [-0.15, -0.1) is 5.10 Å². The van der Waals surface area contributed by atoms with Crippen LogP contribution in [0.1, 0.15) is 49.5 Å². The average molecular weight is 348 g/mol. The first-order chi connectivity index (χ1) is 11.7. The SMILES string of the molecule is COC1CC(CN(Cc2cnnn2C)c2nc(C3CCC3)ns2)C1. The van der Waals surface area contributed by atoms with Crippen LogP contribution in [-0.4, -0.2) is 44.1 Å². The molecular weight excluding hydrogens is 324 g/mol. The first kappa shape index (κ1) is 16.0. The van der Waals surface area contributed by atoms with Crippen molar-refractivity contribution in [2.75, 3.05) is 18.6 Å². The van der Waals surface area contributed by atoms with Crippen LogP contribution in [0.5, 0.6) is 0 Å². The fourth-order valence-electron chi connectivity index (χ4n) is 3.37. The monoisotopic (exact) mass is 348 g/mol.